The molecule has 7 nitrogen and oxygen atoms in total. The largest absolute Gasteiger partial charge is 0.483 e. The predicted octanol–water partition coefficient (Wildman–Crippen LogP) is 5.35. The van der Waals surface area contributed by atoms with Gasteiger partial charge in [0.25, 0.3) is 0 Å². The van der Waals surface area contributed by atoms with Crippen LogP contribution in [0.5, 0.6) is 11.5 Å². The number of likely N-dealkylation sites (tertiary alicyclic amines) is 1. The van der Waals surface area contributed by atoms with E-state index >= 15 is 0 Å². The van der Waals surface area contributed by atoms with Gasteiger partial charge in [0, 0.05) is 31.6 Å². The zero-order chi connectivity index (χ0) is 30.0. The number of halogens is 2. The Morgan fingerprint density at radius 2 is 2.02 bits per heavy atom. The molecule has 1 amide bonds. The van der Waals surface area contributed by atoms with Gasteiger partial charge in [-0.25, -0.2) is 0 Å². The summed E-state index contributed by atoms with van der Waals surface area (Å²) >= 11 is 12.4. The molecule has 9 heteroatoms. The predicted molar refractivity (Wildman–Crippen MR) is 162 cm³/mol. The summed E-state index contributed by atoms with van der Waals surface area (Å²) in [5.41, 5.74) is 1.04. The summed E-state index contributed by atoms with van der Waals surface area (Å²) in [6.07, 6.45) is 4.03. The molecule has 2 aliphatic carbocycles. The highest BCUT2D eigenvalue weighted by Crippen LogP contribution is 2.66. The zero-order valence-electron chi connectivity index (χ0n) is 24.4. The first kappa shape index (κ1) is 29.5. The van der Waals surface area contributed by atoms with Gasteiger partial charge in [-0.1, -0.05) is 55.3 Å². The van der Waals surface area contributed by atoms with Crippen molar-refractivity contribution in [2.24, 2.45) is 5.92 Å². The molecule has 0 unspecified atom stereocenters. The second-order valence-electron chi connectivity index (χ2n) is 12.7. The van der Waals surface area contributed by atoms with Crippen molar-refractivity contribution in [3.63, 3.8) is 0 Å². The first-order valence-corrected chi connectivity index (χ1v) is 15.6. The molecule has 2 aromatic rings. The number of amides is 1. The topological polar surface area (TPSA) is 79.3 Å². The fourth-order valence-electron chi connectivity index (χ4n) is 8.27. The highest BCUT2D eigenvalue weighted by molar-refractivity contribution is 6.42. The smallest absolute Gasteiger partial charge is 0.308 e. The van der Waals surface area contributed by atoms with E-state index in [1.54, 1.807) is 18.2 Å². The number of esters is 1. The Labute approximate surface area is 257 Å². The number of hydrogen-bond donors (Lipinski definition) is 1. The molecule has 2 aliphatic heterocycles. The molecule has 1 N–H and O–H groups in total. The molecule has 4 aliphatic rings. The maximum Gasteiger partial charge on any atom is 0.308 e. The first-order chi connectivity index (χ1) is 20.0. The van der Waals surface area contributed by atoms with Gasteiger partial charge in [0.15, 0.2) is 11.5 Å². The number of hydrogen-bond acceptors (Lipinski definition) is 6. The van der Waals surface area contributed by atoms with E-state index in [1.807, 2.05) is 23.1 Å². The summed E-state index contributed by atoms with van der Waals surface area (Å²) < 4.78 is 12.5. The molecule has 1 saturated heterocycles. The summed E-state index contributed by atoms with van der Waals surface area (Å²) in [6.45, 7) is 11.5. The van der Waals surface area contributed by atoms with Gasteiger partial charge in [-0.15, -0.1) is 6.58 Å². The van der Waals surface area contributed by atoms with E-state index in [0.29, 0.717) is 60.3 Å². The molecule has 2 aromatic carbocycles. The molecule has 42 heavy (non-hydrogen) atoms. The van der Waals surface area contributed by atoms with Gasteiger partial charge in [-0.2, -0.15) is 0 Å². The third kappa shape index (κ3) is 4.47. The maximum atomic E-state index is 14.1. The van der Waals surface area contributed by atoms with Crippen LogP contribution in [-0.2, 0) is 27.8 Å². The Balaban J connectivity index is 1.45. The van der Waals surface area contributed by atoms with E-state index < -0.39 is 23.1 Å². The van der Waals surface area contributed by atoms with Crippen LogP contribution in [0.1, 0.15) is 56.7 Å². The molecule has 0 radical (unpaired) electrons. The minimum atomic E-state index is -1.07. The molecule has 6 rings (SSSR count). The number of rotatable bonds is 8. The average Bonchev–Trinajstić information content (AvgIpc) is 3.28. The molecular formula is C33H38Cl2N2O5. The Hall–Kier alpha value is -2.58. The lowest BCUT2D eigenvalue weighted by molar-refractivity contribution is -0.200. The lowest BCUT2D eigenvalue weighted by atomic mass is 9.48. The van der Waals surface area contributed by atoms with Crippen LogP contribution in [0.15, 0.2) is 43.0 Å². The Morgan fingerprint density at radius 1 is 1.24 bits per heavy atom. The van der Waals surface area contributed by atoms with Gasteiger partial charge in [0.1, 0.15) is 6.10 Å². The number of carbonyl (C=O) groups is 2. The van der Waals surface area contributed by atoms with Gasteiger partial charge < -0.3 is 19.5 Å². The zero-order valence-corrected chi connectivity index (χ0v) is 25.9. The second-order valence-corrected chi connectivity index (χ2v) is 13.5. The SMILES string of the molecule is C=CCN1CC[C@]23c4c5ccc(OC(C)=O)c4O[C@H]2[C@H](N(CC(C)C)C(=O)Cc2ccc(Cl)c(Cl)c2)CC[C@@]3(O)[C@H]1C5. The molecular weight excluding hydrogens is 575 g/mol. The van der Waals surface area contributed by atoms with Crippen molar-refractivity contribution >= 4 is 35.1 Å². The third-order valence-electron chi connectivity index (χ3n) is 9.77. The fraction of sp³-hybridized carbons (Fsp3) is 0.515. The lowest BCUT2D eigenvalue weighted by Gasteiger charge is -2.64. The van der Waals surface area contributed by atoms with Crippen molar-refractivity contribution < 1.29 is 24.2 Å². The van der Waals surface area contributed by atoms with Gasteiger partial charge in [-0.05, 0) is 67.5 Å². The molecule has 2 heterocycles. The van der Waals surface area contributed by atoms with Gasteiger partial charge in [0.2, 0.25) is 5.91 Å². The van der Waals surface area contributed by atoms with Crippen molar-refractivity contribution in [2.45, 2.75) is 82.1 Å². The van der Waals surface area contributed by atoms with Crippen molar-refractivity contribution in [1.29, 1.82) is 0 Å². The standard InChI is InChI=1S/C33H38Cl2N2O5/c1-5-13-36-14-12-32-29-22-7-9-26(41-20(4)38)30(29)42-31(32)25(10-11-33(32,40)27(36)17-22)37(18-19(2)3)28(39)16-21-6-8-23(34)24(35)15-21/h5-9,15,19,25,27,31,40H,1,10-14,16-18H2,2-4H3/t25-,27-,31+,32+,33-/m1/s1. The fourth-order valence-corrected chi connectivity index (χ4v) is 8.60. The molecule has 224 valence electrons. The minimum Gasteiger partial charge on any atom is -0.483 e. The van der Waals surface area contributed by atoms with Crippen LogP contribution in [0.2, 0.25) is 10.0 Å². The normalized spacial score (nSPS) is 29.1. The van der Waals surface area contributed by atoms with E-state index in [-0.39, 0.29) is 30.3 Å². The molecule has 0 aromatic heterocycles. The number of aliphatic hydroxyl groups is 1. The first-order valence-electron chi connectivity index (χ1n) is 14.8. The highest BCUT2D eigenvalue weighted by atomic mass is 35.5. The number of nitrogens with zero attached hydrogens (tertiary/aromatic N) is 2. The van der Waals surface area contributed by atoms with Gasteiger partial charge in [0.05, 0.1) is 33.5 Å². The monoisotopic (exact) mass is 612 g/mol. The second kappa shape index (κ2) is 10.8. The van der Waals surface area contributed by atoms with Crippen molar-refractivity contribution in [3.05, 3.63) is 69.7 Å². The van der Waals surface area contributed by atoms with Crippen LogP contribution in [0.4, 0.5) is 0 Å². The van der Waals surface area contributed by atoms with E-state index in [1.165, 1.54) is 6.92 Å². The molecule has 5 atom stereocenters. The summed E-state index contributed by atoms with van der Waals surface area (Å²) in [4.78, 5) is 30.5. The average molecular weight is 614 g/mol. The van der Waals surface area contributed by atoms with Crippen LogP contribution in [0, 0.1) is 5.92 Å². The van der Waals surface area contributed by atoms with E-state index in [2.05, 4.69) is 25.3 Å². The van der Waals surface area contributed by atoms with E-state index in [0.717, 1.165) is 23.2 Å². The summed E-state index contributed by atoms with van der Waals surface area (Å²) in [5.74, 6) is 0.670. The van der Waals surface area contributed by atoms with Crippen molar-refractivity contribution in [2.75, 3.05) is 19.6 Å². The summed E-state index contributed by atoms with van der Waals surface area (Å²) in [5, 5.41) is 13.7. The van der Waals surface area contributed by atoms with Crippen LogP contribution in [0.25, 0.3) is 0 Å². The van der Waals surface area contributed by atoms with Gasteiger partial charge >= 0.3 is 5.97 Å². The van der Waals surface area contributed by atoms with E-state index in [9.17, 15) is 14.7 Å². The van der Waals surface area contributed by atoms with Gasteiger partial charge in [-0.3, -0.25) is 14.5 Å². The lowest BCUT2D eigenvalue weighted by Crippen LogP contribution is -2.78. The number of piperidine rings is 1. The Kier molecular flexibility index (Phi) is 7.62. The number of carbonyl (C=O) groups excluding carboxylic acids is 2. The summed E-state index contributed by atoms with van der Waals surface area (Å²) in [7, 11) is 0. The minimum absolute atomic E-state index is 0.0228. The highest BCUT2D eigenvalue weighted by Gasteiger charge is 2.73. The number of benzene rings is 2. The molecule has 1 saturated carbocycles. The Morgan fingerprint density at radius 3 is 2.71 bits per heavy atom. The summed E-state index contributed by atoms with van der Waals surface area (Å²) in [6, 6.07) is 8.72. The number of ether oxygens (including phenoxy) is 2. The Bertz CT molecular complexity index is 1450. The quantitative estimate of drug-likeness (QED) is 0.246. The van der Waals surface area contributed by atoms with Crippen molar-refractivity contribution in [1.82, 2.24) is 9.80 Å². The van der Waals surface area contributed by atoms with E-state index in [4.69, 9.17) is 32.7 Å². The van der Waals surface area contributed by atoms with Crippen LogP contribution in [0.3, 0.4) is 0 Å². The molecule has 2 bridgehead atoms. The molecule has 2 fully saturated rings. The maximum absolute atomic E-state index is 14.1. The molecule has 1 spiro atoms. The van der Waals surface area contributed by atoms with Crippen LogP contribution in [-0.4, -0.2) is 70.2 Å². The van der Waals surface area contributed by atoms with Crippen LogP contribution >= 0.6 is 23.2 Å². The van der Waals surface area contributed by atoms with Crippen LogP contribution < -0.4 is 9.47 Å². The third-order valence-corrected chi connectivity index (χ3v) is 10.5. The van der Waals surface area contributed by atoms with Crippen molar-refractivity contribution in [3.8, 4) is 11.5 Å².